The zero-order chi connectivity index (χ0) is 15.6. The summed E-state index contributed by atoms with van der Waals surface area (Å²) in [5, 5.41) is 8.46. The molecular weight excluding hydrogens is 420 g/mol. The normalized spacial score (nSPS) is 13.0. The summed E-state index contributed by atoms with van der Waals surface area (Å²) in [6.45, 7) is 2.00. The molecule has 0 amide bonds. The Hall–Kier alpha value is -0.890. The van der Waals surface area contributed by atoms with Crippen molar-refractivity contribution >= 4 is 47.6 Å². The molecule has 0 aromatic heterocycles. The Labute approximate surface area is 141 Å². The standard InChI is InChI=1S/C14H14Br2N2O2S/c1-9(18-14-8-11(15)4-7-13(14)16)10-2-5-12(6-3-10)21(17,19)20/h2-9,18H,1H3,(H2,17,19,20). The van der Waals surface area contributed by atoms with Gasteiger partial charge in [-0.15, -0.1) is 0 Å². The molecule has 1 atom stereocenters. The van der Waals surface area contributed by atoms with Crippen LogP contribution in [0, 0.1) is 0 Å². The second-order valence-corrected chi connectivity index (χ2v) is 7.94. The molecule has 0 saturated heterocycles. The molecule has 2 aromatic rings. The molecule has 0 aliphatic carbocycles. The van der Waals surface area contributed by atoms with Gasteiger partial charge in [-0.1, -0.05) is 28.1 Å². The molecule has 0 saturated carbocycles. The predicted molar refractivity (Wildman–Crippen MR) is 91.7 cm³/mol. The number of hydrogen-bond acceptors (Lipinski definition) is 3. The maximum absolute atomic E-state index is 11.2. The summed E-state index contributed by atoms with van der Waals surface area (Å²) >= 11 is 6.92. The van der Waals surface area contributed by atoms with Crippen molar-refractivity contribution in [2.75, 3.05) is 5.32 Å². The molecule has 3 N–H and O–H groups in total. The summed E-state index contributed by atoms with van der Waals surface area (Å²) < 4.78 is 24.4. The molecule has 0 bridgehead atoms. The molecule has 21 heavy (non-hydrogen) atoms. The summed E-state index contributed by atoms with van der Waals surface area (Å²) in [4.78, 5) is 0.113. The average Bonchev–Trinajstić information content (AvgIpc) is 2.42. The Kier molecular flexibility index (Phi) is 5.08. The van der Waals surface area contributed by atoms with E-state index in [1.807, 2.05) is 25.1 Å². The van der Waals surface area contributed by atoms with E-state index in [1.54, 1.807) is 12.1 Å². The maximum Gasteiger partial charge on any atom is 0.238 e. The van der Waals surface area contributed by atoms with Gasteiger partial charge in [0.25, 0.3) is 0 Å². The zero-order valence-electron chi connectivity index (χ0n) is 11.2. The number of anilines is 1. The van der Waals surface area contributed by atoms with Crippen LogP contribution in [-0.4, -0.2) is 8.42 Å². The molecule has 4 nitrogen and oxygen atoms in total. The van der Waals surface area contributed by atoms with Crippen molar-refractivity contribution in [2.45, 2.75) is 17.9 Å². The van der Waals surface area contributed by atoms with Gasteiger partial charge in [0.1, 0.15) is 0 Å². The highest BCUT2D eigenvalue weighted by molar-refractivity contribution is 9.11. The first kappa shape index (κ1) is 16.5. The minimum atomic E-state index is -3.65. The lowest BCUT2D eigenvalue weighted by molar-refractivity contribution is 0.597. The summed E-state index contributed by atoms with van der Waals surface area (Å²) in [6, 6.07) is 12.4. The second-order valence-electron chi connectivity index (χ2n) is 4.60. The average molecular weight is 434 g/mol. The van der Waals surface area contributed by atoms with E-state index in [4.69, 9.17) is 5.14 Å². The van der Waals surface area contributed by atoms with E-state index in [-0.39, 0.29) is 10.9 Å². The lowest BCUT2D eigenvalue weighted by Crippen LogP contribution is -2.12. The molecule has 0 spiro atoms. The Balaban J connectivity index is 2.20. The highest BCUT2D eigenvalue weighted by Crippen LogP contribution is 2.29. The van der Waals surface area contributed by atoms with Crippen molar-refractivity contribution < 1.29 is 8.42 Å². The maximum atomic E-state index is 11.2. The zero-order valence-corrected chi connectivity index (χ0v) is 15.2. The molecule has 7 heteroatoms. The molecule has 2 aromatic carbocycles. The third kappa shape index (κ3) is 4.29. The third-order valence-corrected chi connectivity index (χ3v) is 5.12. The van der Waals surface area contributed by atoms with Crippen LogP contribution in [0.25, 0.3) is 0 Å². The van der Waals surface area contributed by atoms with Gasteiger partial charge in [-0.05, 0) is 58.7 Å². The molecule has 0 aliphatic heterocycles. The van der Waals surface area contributed by atoms with Gasteiger partial charge in [0.2, 0.25) is 10.0 Å². The Morgan fingerprint density at radius 3 is 2.29 bits per heavy atom. The third-order valence-electron chi connectivity index (χ3n) is 3.01. The van der Waals surface area contributed by atoms with Crippen LogP contribution in [0.2, 0.25) is 0 Å². The molecule has 0 fully saturated rings. The molecular formula is C14H14Br2N2O2S. The van der Waals surface area contributed by atoms with Gasteiger partial charge < -0.3 is 5.32 Å². The van der Waals surface area contributed by atoms with Crippen molar-refractivity contribution in [1.29, 1.82) is 0 Å². The highest BCUT2D eigenvalue weighted by atomic mass is 79.9. The number of nitrogens with two attached hydrogens (primary N) is 1. The first-order valence-corrected chi connectivity index (χ1v) is 9.25. The Morgan fingerprint density at radius 2 is 1.71 bits per heavy atom. The van der Waals surface area contributed by atoms with Gasteiger partial charge >= 0.3 is 0 Å². The van der Waals surface area contributed by atoms with Crippen LogP contribution >= 0.6 is 31.9 Å². The second kappa shape index (κ2) is 6.48. The number of rotatable bonds is 4. The Bertz CT molecular complexity index is 746. The van der Waals surface area contributed by atoms with Crippen LogP contribution in [0.1, 0.15) is 18.5 Å². The number of halogens is 2. The number of benzene rings is 2. The highest BCUT2D eigenvalue weighted by Gasteiger charge is 2.11. The van der Waals surface area contributed by atoms with E-state index in [2.05, 4.69) is 37.2 Å². The summed E-state index contributed by atoms with van der Waals surface area (Å²) in [5.74, 6) is 0. The largest absolute Gasteiger partial charge is 0.378 e. The minimum absolute atomic E-state index is 0.0186. The topological polar surface area (TPSA) is 72.2 Å². The van der Waals surface area contributed by atoms with Crippen molar-refractivity contribution in [2.24, 2.45) is 5.14 Å². The van der Waals surface area contributed by atoms with Crippen molar-refractivity contribution in [3.8, 4) is 0 Å². The van der Waals surface area contributed by atoms with Gasteiger partial charge in [-0.3, -0.25) is 0 Å². The fraction of sp³-hybridized carbons (Fsp3) is 0.143. The van der Waals surface area contributed by atoms with E-state index in [0.717, 1.165) is 20.2 Å². The van der Waals surface area contributed by atoms with Crippen LogP contribution in [0.3, 0.4) is 0 Å². The quantitative estimate of drug-likeness (QED) is 0.764. The fourth-order valence-electron chi connectivity index (χ4n) is 1.87. The molecule has 0 heterocycles. The summed E-state index contributed by atoms with van der Waals surface area (Å²) in [5.41, 5.74) is 1.92. The van der Waals surface area contributed by atoms with Crippen LogP contribution in [-0.2, 0) is 10.0 Å². The fourth-order valence-corrected chi connectivity index (χ4v) is 3.11. The molecule has 2 rings (SSSR count). The first-order valence-electron chi connectivity index (χ1n) is 6.12. The van der Waals surface area contributed by atoms with Gasteiger partial charge in [-0.2, -0.15) is 0 Å². The molecule has 0 radical (unpaired) electrons. The van der Waals surface area contributed by atoms with Gasteiger partial charge in [0.15, 0.2) is 0 Å². The van der Waals surface area contributed by atoms with Crippen molar-refractivity contribution in [3.05, 3.63) is 57.0 Å². The lowest BCUT2D eigenvalue weighted by atomic mass is 10.1. The molecule has 112 valence electrons. The van der Waals surface area contributed by atoms with Crippen molar-refractivity contribution in [1.82, 2.24) is 0 Å². The van der Waals surface area contributed by atoms with E-state index in [1.165, 1.54) is 12.1 Å². The molecule has 0 aliphatic rings. The SMILES string of the molecule is CC(Nc1cc(Br)ccc1Br)c1ccc(S(N)(=O)=O)cc1. The number of hydrogen-bond donors (Lipinski definition) is 2. The van der Waals surface area contributed by atoms with Crippen LogP contribution in [0.15, 0.2) is 56.3 Å². The summed E-state index contributed by atoms with van der Waals surface area (Å²) in [6.07, 6.45) is 0. The van der Waals surface area contributed by atoms with Crippen molar-refractivity contribution in [3.63, 3.8) is 0 Å². The minimum Gasteiger partial charge on any atom is -0.378 e. The predicted octanol–water partition coefficient (Wildman–Crippen LogP) is 4.03. The van der Waals surface area contributed by atoms with E-state index in [0.29, 0.717) is 0 Å². The van der Waals surface area contributed by atoms with Gasteiger partial charge in [0, 0.05) is 15.0 Å². The van der Waals surface area contributed by atoms with E-state index in [9.17, 15) is 8.42 Å². The van der Waals surface area contributed by atoms with E-state index < -0.39 is 10.0 Å². The molecule has 1 unspecified atom stereocenters. The summed E-state index contributed by atoms with van der Waals surface area (Å²) in [7, 11) is -3.65. The number of nitrogens with one attached hydrogen (secondary N) is 1. The van der Waals surface area contributed by atoms with Crippen LogP contribution < -0.4 is 10.5 Å². The first-order chi connectivity index (χ1) is 9.77. The van der Waals surface area contributed by atoms with E-state index >= 15 is 0 Å². The monoisotopic (exact) mass is 432 g/mol. The number of sulfonamides is 1. The van der Waals surface area contributed by atoms with Gasteiger partial charge in [0.05, 0.1) is 10.6 Å². The van der Waals surface area contributed by atoms with Crippen LogP contribution in [0.4, 0.5) is 5.69 Å². The number of primary sulfonamides is 1. The van der Waals surface area contributed by atoms with Gasteiger partial charge in [-0.25, -0.2) is 13.6 Å². The Morgan fingerprint density at radius 1 is 1.10 bits per heavy atom. The smallest absolute Gasteiger partial charge is 0.238 e. The lowest BCUT2D eigenvalue weighted by Gasteiger charge is -2.17. The van der Waals surface area contributed by atoms with Crippen LogP contribution in [0.5, 0.6) is 0 Å².